The van der Waals surface area contributed by atoms with Gasteiger partial charge in [0.15, 0.2) is 0 Å². The summed E-state index contributed by atoms with van der Waals surface area (Å²) in [4.78, 5) is 2.20. The van der Waals surface area contributed by atoms with Crippen LogP contribution in [0, 0.1) is 6.92 Å². The zero-order valence-electron chi connectivity index (χ0n) is 13.1. The standard InChI is InChI=1S/C16H23N3OS/c1-12(11-21-4)18(3)16-15(10-20)13(2)17-19(16)14-8-6-5-7-9-14/h5-9,12,20H,10-11H2,1-4H3. The summed E-state index contributed by atoms with van der Waals surface area (Å²) in [5.41, 5.74) is 2.78. The first-order valence-electron chi connectivity index (χ1n) is 7.06. The highest BCUT2D eigenvalue weighted by atomic mass is 32.2. The van der Waals surface area contributed by atoms with Crippen LogP contribution in [0.3, 0.4) is 0 Å². The van der Waals surface area contributed by atoms with Gasteiger partial charge >= 0.3 is 0 Å². The highest BCUT2D eigenvalue weighted by Gasteiger charge is 2.22. The number of benzene rings is 1. The Morgan fingerprint density at radius 1 is 1.33 bits per heavy atom. The molecule has 114 valence electrons. The van der Waals surface area contributed by atoms with Gasteiger partial charge in [0.1, 0.15) is 5.82 Å². The fourth-order valence-corrected chi connectivity index (χ4v) is 3.11. The number of nitrogens with zero attached hydrogens (tertiary/aromatic N) is 3. The van der Waals surface area contributed by atoms with Crippen LogP contribution in [0.5, 0.6) is 0 Å². The Bertz CT molecular complexity index is 583. The molecule has 2 rings (SSSR count). The fraction of sp³-hybridized carbons (Fsp3) is 0.438. The number of para-hydroxylation sites is 1. The molecular weight excluding hydrogens is 282 g/mol. The van der Waals surface area contributed by atoms with Gasteiger partial charge in [0.05, 0.1) is 18.0 Å². The lowest BCUT2D eigenvalue weighted by molar-refractivity contribution is 0.281. The number of aliphatic hydroxyl groups excluding tert-OH is 1. The Kier molecular flexibility index (Phi) is 5.31. The van der Waals surface area contributed by atoms with Crippen LogP contribution >= 0.6 is 11.8 Å². The van der Waals surface area contributed by atoms with Crippen molar-refractivity contribution in [1.82, 2.24) is 9.78 Å². The van der Waals surface area contributed by atoms with E-state index in [1.807, 2.05) is 53.7 Å². The summed E-state index contributed by atoms with van der Waals surface area (Å²) >= 11 is 1.82. The van der Waals surface area contributed by atoms with Gasteiger partial charge < -0.3 is 10.0 Å². The third-order valence-corrected chi connectivity index (χ3v) is 4.54. The number of aliphatic hydroxyl groups is 1. The highest BCUT2D eigenvalue weighted by molar-refractivity contribution is 7.98. The quantitative estimate of drug-likeness (QED) is 0.891. The molecule has 5 heteroatoms. The monoisotopic (exact) mass is 305 g/mol. The number of aryl methyl sites for hydroxylation is 1. The van der Waals surface area contributed by atoms with E-state index in [9.17, 15) is 5.11 Å². The van der Waals surface area contributed by atoms with E-state index in [1.165, 1.54) is 0 Å². The Hall–Kier alpha value is -1.46. The second-order valence-electron chi connectivity index (χ2n) is 5.21. The van der Waals surface area contributed by atoms with Gasteiger partial charge in [-0.3, -0.25) is 0 Å². The van der Waals surface area contributed by atoms with Gasteiger partial charge in [-0.1, -0.05) is 18.2 Å². The molecule has 0 radical (unpaired) electrons. The topological polar surface area (TPSA) is 41.3 Å². The van der Waals surface area contributed by atoms with E-state index < -0.39 is 0 Å². The first kappa shape index (κ1) is 15.9. The molecule has 0 aliphatic rings. The predicted octanol–water partition coefficient (Wildman–Crippen LogP) is 2.86. The fourth-order valence-electron chi connectivity index (χ4n) is 2.41. The van der Waals surface area contributed by atoms with E-state index in [1.54, 1.807) is 0 Å². The van der Waals surface area contributed by atoms with Gasteiger partial charge in [-0.2, -0.15) is 16.9 Å². The Labute approximate surface area is 130 Å². The van der Waals surface area contributed by atoms with Crippen molar-refractivity contribution in [3.05, 3.63) is 41.6 Å². The molecule has 0 amide bonds. The number of hydrogen-bond acceptors (Lipinski definition) is 4. The second kappa shape index (κ2) is 7.00. The summed E-state index contributed by atoms with van der Waals surface area (Å²) in [6.07, 6.45) is 2.11. The third kappa shape index (κ3) is 3.24. The second-order valence-corrected chi connectivity index (χ2v) is 6.12. The number of rotatable bonds is 6. The summed E-state index contributed by atoms with van der Waals surface area (Å²) in [6, 6.07) is 10.4. The van der Waals surface area contributed by atoms with Crippen LogP contribution in [0.15, 0.2) is 30.3 Å². The van der Waals surface area contributed by atoms with Crippen LogP contribution < -0.4 is 4.90 Å². The molecule has 4 nitrogen and oxygen atoms in total. The van der Waals surface area contributed by atoms with E-state index in [0.717, 1.165) is 28.5 Å². The molecule has 0 saturated heterocycles. The summed E-state index contributed by atoms with van der Waals surface area (Å²) < 4.78 is 1.93. The van der Waals surface area contributed by atoms with Crippen molar-refractivity contribution < 1.29 is 5.11 Å². The molecule has 2 aromatic rings. The summed E-state index contributed by atoms with van der Waals surface area (Å²) in [5, 5.41) is 14.4. The van der Waals surface area contributed by atoms with Crippen LogP contribution in [0.25, 0.3) is 5.69 Å². The minimum atomic E-state index is 0.00429. The maximum absolute atomic E-state index is 9.73. The molecule has 21 heavy (non-hydrogen) atoms. The van der Waals surface area contributed by atoms with Crippen molar-refractivity contribution in [3.63, 3.8) is 0 Å². The molecule has 1 unspecified atom stereocenters. The van der Waals surface area contributed by atoms with Gasteiger partial charge in [0.2, 0.25) is 0 Å². The summed E-state index contributed by atoms with van der Waals surface area (Å²) in [6.45, 7) is 4.14. The van der Waals surface area contributed by atoms with E-state index in [2.05, 4.69) is 30.2 Å². The third-order valence-electron chi connectivity index (χ3n) is 3.72. The zero-order chi connectivity index (χ0) is 15.4. The lowest BCUT2D eigenvalue weighted by Crippen LogP contribution is -2.33. The van der Waals surface area contributed by atoms with Gasteiger partial charge in [0, 0.05) is 24.4 Å². The van der Waals surface area contributed by atoms with E-state index in [0.29, 0.717) is 6.04 Å². The average molecular weight is 305 g/mol. The smallest absolute Gasteiger partial charge is 0.138 e. The van der Waals surface area contributed by atoms with E-state index >= 15 is 0 Å². The molecule has 0 saturated carbocycles. The Morgan fingerprint density at radius 2 is 2.00 bits per heavy atom. The SMILES string of the molecule is CSCC(C)N(C)c1c(CO)c(C)nn1-c1ccccc1. The van der Waals surface area contributed by atoms with Crippen molar-refractivity contribution in [2.45, 2.75) is 26.5 Å². The van der Waals surface area contributed by atoms with Crippen molar-refractivity contribution in [3.8, 4) is 5.69 Å². The molecule has 0 spiro atoms. The minimum absolute atomic E-state index is 0.00429. The molecule has 1 heterocycles. The molecule has 0 aliphatic carbocycles. The van der Waals surface area contributed by atoms with Crippen molar-refractivity contribution in [2.24, 2.45) is 0 Å². The van der Waals surface area contributed by atoms with Gasteiger partial charge in [-0.05, 0) is 32.2 Å². The number of aromatic nitrogens is 2. The normalized spacial score (nSPS) is 12.4. The van der Waals surface area contributed by atoms with Crippen molar-refractivity contribution in [1.29, 1.82) is 0 Å². The molecule has 1 atom stereocenters. The molecule has 1 aromatic carbocycles. The molecule has 0 fully saturated rings. The lowest BCUT2D eigenvalue weighted by Gasteiger charge is -2.28. The average Bonchev–Trinajstić information content (AvgIpc) is 2.84. The first-order chi connectivity index (χ1) is 10.1. The molecular formula is C16H23N3OS. The van der Waals surface area contributed by atoms with Crippen LogP contribution in [0.1, 0.15) is 18.2 Å². The highest BCUT2D eigenvalue weighted by Crippen LogP contribution is 2.28. The number of hydrogen-bond donors (Lipinski definition) is 1. The predicted molar refractivity (Wildman–Crippen MR) is 90.5 cm³/mol. The molecule has 1 aromatic heterocycles. The maximum Gasteiger partial charge on any atom is 0.138 e. The van der Waals surface area contributed by atoms with Gasteiger partial charge in [-0.25, -0.2) is 4.68 Å². The molecule has 0 aliphatic heterocycles. The van der Waals surface area contributed by atoms with Crippen LogP contribution in [-0.2, 0) is 6.61 Å². The van der Waals surface area contributed by atoms with Crippen molar-refractivity contribution >= 4 is 17.6 Å². The molecule has 0 bridgehead atoms. The van der Waals surface area contributed by atoms with Gasteiger partial charge in [-0.15, -0.1) is 0 Å². The van der Waals surface area contributed by atoms with E-state index in [4.69, 9.17) is 0 Å². The first-order valence-corrected chi connectivity index (χ1v) is 8.46. The van der Waals surface area contributed by atoms with Crippen LogP contribution in [0.2, 0.25) is 0 Å². The number of anilines is 1. The van der Waals surface area contributed by atoms with Crippen LogP contribution in [-0.4, -0.2) is 40.0 Å². The molecule has 1 N–H and O–H groups in total. The largest absolute Gasteiger partial charge is 0.391 e. The van der Waals surface area contributed by atoms with Crippen LogP contribution in [0.4, 0.5) is 5.82 Å². The number of thioether (sulfide) groups is 1. The van der Waals surface area contributed by atoms with Gasteiger partial charge in [0.25, 0.3) is 0 Å². The van der Waals surface area contributed by atoms with E-state index in [-0.39, 0.29) is 6.61 Å². The Balaban J connectivity index is 2.52. The Morgan fingerprint density at radius 3 is 2.57 bits per heavy atom. The lowest BCUT2D eigenvalue weighted by atomic mass is 10.2. The maximum atomic E-state index is 9.73. The zero-order valence-corrected chi connectivity index (χ0v) is 13.9. The minimum Gasteiger partial charge on any atom is -0.391 e. The summed E-state index contributed by atoms with van der Waals surface area (Å²) in [5.74, 6) is 2.00. The summed E-state index contributed by atoms with van der Waals surface area (Å²) in [7, 11) is 2.07. The van der Waals surface area contributed by atoms with Crippen molar-refractivity contribution in [2.75, 3.05) is 24.0 Å².